The molecule has 1 N–H and O–H groups in total. The molecule has 4 nitrogen and oxygen atoms in total. The molecule has 0 unspecified atom stereocenters. The Bertz CT molecular complexity index is 991. The quantitative estimate of drug-likeness (QED) is 0.452. The van der Waals surface area contributed by atoms with Crippen LogP contribution >= 0.6 is 11.8 Å². The zero-order valence-corrected chi connectivity index (χ0v) is 19.5. The third-order valence-corrected chi connectivity index (χ3v) is 6.33. The summed E-state index contributed by atoms with van der Waals surface area (Å²) in [5.41, 5.74) is 3.25. The molecule has 3 aromatic rings. The lowest BCUT2D eigenvalue weighted by Crippen LogP contribution is -2.49. The summed E-state index contributed by atoms with van der Waals surface area (Å²) >= 11 is 1.66. The highest BCUT2D eigenvalue weighted by Gasteiger charge is 2.29. The van der Waals surface area contributed by atoms with Gasteiger partial charge < -0.3 is 10.2 Å². The van der Waals surface area contributed by atoms with E-state index in [1.807, 2.05) is 60.7 Å². The van der Waals surface area contributed by atoms with Gasteiger partial charge in [-0.3, -0.25) is 9.59 Å². The van der Waals surface area contributed by atoms with Crippen molar-refractivity contribution in [2.75, 3.05) is 12.8 Å². The summed E-state index contributed by atoms with van der Waals surface area (Å²) in [6.07, 6.45) is 0.845. The minimum atomic E-state index is -0.570. The molecule has 0 bridgehead atoms. The van der Waals surface area contributed by atoms with Crippen LogP contribution in [0.4, 0.5) is 0 Å². The number of nitrogens with one attached hydrogen (secondary N) is 1. The molecule has 0 saturated carbocycles. The van der Waals surface area contributed by atoms with Crippen molar-refractivity contribution in [1.82, 2.24) is 10.2 Å². The largest absolute Gasteiger partial charge is 0.357 e. The number of rotatable bonds is 10. The fourth-order valence-electron chi connectivity index (χ4n) is 3.53. The number of carbonyl (C=O) groups is 2. The maximum absolute atomic E-state index is 13.4. The highest BCUT2D eigenvalue weighted by Crippen LogP contribution is 2.21. The van der Waals surface area contributed by atoms with Gasteiger partial charge in [0.05, 0.1) is 0 Å². The molecule has 1 atom stereocenters. The van der Waals surface area contributed by atoms with E-state index in [2.05, 4.69) is 36.5 Å². The summed E-state index contributed by atoms with van der Waals surface area (Å²) in [5.74, 6) is 0.501. The molecule has 0 saturated heterocycles. The van der Waals surface area contributed by atoms with Crippen molar-refractivity contribution in [3.8, 4) is 0 Å². The predicted molar refractivity (Wildman–Crippen MR) is 132 cm³/mol. The number of carbonyl (C=O) groups excluding carboxylic acids is 2. The number of amides is 2. The molecule has 5 heteroatoms. The molecule has 0 fully saturated rings. The minimum absolute atomic E-state index is 0.0157. The molecule has 3 rings (SSSR count). The van der Waals surface area contributed by atoms with Gasteiger partial charge in [-0.05, 0) is 30.2 Å². The molecule has 0 aromatic heterocycles. The number of likely N-dealkylation sites (N-methyl/N-ethyl adjacent to an activating group) is 1. The molecular formula is C27H30N2O2S. The molecule has 0 spiro atoms. The van der Waals surface area contributed by atoms with Crippen molar-refractivity contribution in [2.24, 2.45) is 0 Å². The van der Waals surface area contributed by atoms with E-state index in [0.717, 1.165) is 16.0 Å². The van der Waals surface area contributed by atoms with Gasteiger partial charge in [0.25, 0.3) is 0 Å². The maximum Gasteiger partial charge on any atom is 0.242 e. The lowest BCUT2D eigenvalue weighted by molar-refractivity contribution is -0.140. The molecule has 0 aliphatic carbocycles. The van der Waals surface area contributed by atoms with Crippen LogP contribution in [0.2, 0.25) is 0 Å². The maximum atomic E-state index is 13.4. The molecule has 2 amide bonds. The summed E-state index contributed by atoms with van der Waals surface area (Å²) < 4.78 is 0. The van der Waals surface area contributed by atoms with E-state index in [1.54, 1.807) is 23.7 Å². The van der Waals surface area contributed by atoms with Crippen molar-refractivity contribution in [3.05, 3.63) is 102 Å². The number of aryl methyl sites for hydroxylation is 1. The molecular weight excluding hydrogens is 416 g/mol. The van der Waals surface area contributed by atoms with Gasteiger partial charge in [-0.15, -0.1) is 11.8 Å². The monoisotopic (exact) mass is 446 g/mol. The van der Waals surface area contributed by atoms with E-state index >= 15 is 0 Å². The van der Waals surface area contributed by atoms with Crippen LogP contribution in [0.1, 0.15) is 23.1 Å². The Kier molecular flexibility index (Phi) is 8.93. The fourth-order valence-corrected chi connectivity index (χ4v) is 4.38. The first kappa shape index (κ1) is 23.6. The normalized spacial score (nSPS) is 11.6. The van der Waals surface area contributed by atoms with Gasteiger partial charge in [-0.25, -0.2) is 0 Å². The topological polar surface area (TPSA) is 49.4 Å². The van der Waals surface area contributed by atoms with Gasteiger partial charge in [0.1, 0.15) is 6.04 Å². The van der Waals surface area contributed by atoms with E-state index in [4.69, 9.17) is 0 Å². The van der Waals surface area contributed by atoms with Crippen molar-refractivity contribution < 1.29 is 9.59 Å². The Morgan fingerprint density at radius 3 is 2.06 bits per heavy atom. The molecule has 3 aromatic carbocycles. The van der Waals surface area contributed by atoms with Crippen molar-refractivity contribution >= 4 is 23.6 Å². The van der Waals surface area contributed by atoms with E-state index in [-0.39, 0.29) is 11.8 Å². The Labute approximate surface area is 195 Å². The van der Waals surface area contributed by atoms with Crippen LogP contribution in [-0.4, -0.2) is 35.6 Å². The van der Waals surface area contributed by atoms with E-state index in [1.165, 1.54) is 5.56 Å². The first-order valence-electron chi connectivity index (χ1n) is 10.8. The zero-order chi connectivity index (χ0) is 22.8. The van der Waals surface area contributed by atoms with E-state index in [0.29, 0.717) is 25.1 Å². The molecule has 166 valence electrons. The van der Waals surface area contributed by atoms with Gasteiger partial charge in [0.2, 0.25) is 11.8 Å². The second kappa shape index (κ2) is 12.1. The van der Waals surface area contributed by atoms with Crippen LogP contribution in [0.25, 0.3) is 0 Å². The molecule has 0 radical (unpaired) electrons. The standard InChI is InChI=1S/C27H30N2O2S/c1-21-13-15-24(16-14-21)32-18-17-26(30)29(20-23-11-7-4-8-12-23)25(27(31)28-2)19-22-9-5-3-6-10-22/h3-16,25H,17-20H2,1-2H3,(H,28,31)/t25-/m1/s1. The Balaban J connectivity index is 1.77. The highest BCUT2D eigenvalue weighted by molar-refractivity contribution is 7.99. The number of hydrogen-bond donors (Lipinski definition) is 1. The zero-order valence-electron chi connectivity index (χ0n) is 18.7. The SMILES string of the molecule is CNC(=O)[C@@H](Cc1ccccc1)N(Cc1ccccc1)C(=O)CCSc1ccc(C)cc1. The number of thioether (sulfide) groups is 1. The van der Waals surface area contributed by atoms with Gasteiger partial charge in [0.15, 0.2) is 0 Å². The summed E-state index contributed by atoms with van der Waals surface area (Å²) in [6, 6.07) is 27.4. The van der Waals surface area contributed by atoms with Crippen LogP contribution in [-0.2, 0) is 22.6 Å². The smallest absolute Gasteiger partial charge is 0.242 e. The summed E-state index contributed by atoms with van der Waals surface area (Å²) in [5, 5.41) is 2.76. The Morgan fingerprint density at radius 2 is 1.47 bits per heavy atom. The molecule has 0 heterocycles. The average Bonchev–Trinajstić information content (AvgIpc) is 2.83. The third-order valence-electron chi connectivity index (χ3n) is 5.32. The van der Waals surface area contributed by atoms with Crippen LogP contribution in [0, 0.1) is 6.92 Å². The van der Waals surface area contributed by atoms with E-state index in [9.17, 15) is 9.59 Å². The lowest BCUT2D eigenvalue weighted by atomic mass is 10.0. The highest BCUT2D eigenvalue weighted by atomic mass is 32.2. The van der Waals surface area contributed by atoms with Crippen LogP contribution in [0.5, 0.6) is 0 Å². The second-order valence-corrected chi connectivity index (χ2v) is 8.91. The van der Waals surface area contributed by atoms with Gasteiger partial charge in [-0.2, -0.15) is 0 Å². The van der Waals surface area contributed by atoms with Crippen LogP contribution in [0.15, 0.2) is 89.8 Å². The Morgan fingerprint density at radius 1 is 0.875 bits per heavy atom. The first-order chi connectivity index (χ1) is 15.6. The van der Waals surface area contributed by atoms with Gasteiger partial charge in [0, 0.05) is 37.1 Å². The van der Waals surface area contributed by atoms with Gasteiger partial charge >= 0.3 is 0 Å². The van der Waals surface area contributed by atoms with E-state index < -0.39 is 6.04 Å². The minimum Gasteiger partial charge on any atom is -0.357 e. The summed E-state index contributed by atoms with van der Waals surface area (Å²) in [4.78, 5) is 29.1. The second-order valence-electron chi connectivity index (χ2n) is 7.74. The summed E-state index contributed by atoms with van der Waals surface area (Å²) in [6.45, 7) is 2.46. The molecule has 0 aliphatic heterocycles. The number of hydrogen-bond acceptors (Lipinski definition) is 3. The average molecular weight is 447 g/mol. The number of benzene rings is 3. The number of nitrogens with zero attached hydrogens (tertiary/aromatic N) is 1. The molecule has 0 aliphatic rings. The predicted octanol–water partition coefficient (Wildman–Crippen LogP) is 4.86. The van der Waals surface area contributed by atoms with Crippen molar-refractivity contribution in [1.29, 1.82) is 0 Å². The first-order valence-corrected chi connectivity index (χ1v) is 11.8. The lowest BCUT2D eigenvalue weighted by Gasteiger charge is -2.31. The van der Waals surface area contributed by atoms with Crippen LogP contribution in [0.3, 0.4) is 0 Å². The third kappa shape index (κ3) is 6.99. The molecule has 32 heavy (non-hydrogen) atoms. The van der Waals surface area contributed by atoms with Crippen molar-refractivity contribution in [2.45, 2.75) is 37.2 Å². The van der Waals surface area contributed by atoms with Crippen molar-refractivity contribution in [3.63, 3.8) is 0 Å². The Hall–Kier alpha value is -3.05. The van der Waals surface area contributed by atoms with Crippen LogP contribution < -0.4 is 5.32 Å². The van der Waals surface area contributed by atoms with Gasteiger partial charge in [-0.1, -0.05) is 78.4 Å². The summed E-state index contributed by atoms with van der Waals surface area (Å²) in [7, 11) is 1.62. The fraction of sp³-hybridized carbons (Fsp3) is 0.259.